The summed E-state index contributed by atoms with van der Waals surface area (Å²) in [7, 11) is 0. The molecule has 0 aromatic carbocycles. The molecule has 0 aliphatic carbocycles. The Morgan fingerprint density at radius 3 is 3.11 bits per heavy atom. The molecule has 5 heteroatoms. The van der Waals surface area contributed by atoms with Crippen molar-refractivity contribution in [2.45, 2.75) is 31.9 Å². The first-order valence-corrected chi connectivity index (χ1v) is 6.27. The van der Waals surface area contributed by atoms with Gasteiger partial charge in [0.2, 0.25) is 0 Å². The zero-order valence-corrected chi connectivity index (χ0v) is 10.3. The highest BCUT2D eigenvalue weighted by Gasteiger charge is 2.13. The van der Waals surface area contributed by atoms with Crippen LogP contribution in [0.1, 0.15) is 35.4 Å². The Balaban J connectivity index is 1.78. The van der Waals surface area contributed by atoms with E-state index < -0.39 is 5.97 Å². The number of hydrogen-bond acceptors (Lipinski definition) is 4. The molecule has 5 nitrogen and oxygen atoms in total. The fourth-order valence-corrected chi connectivity index (χ4v) is 2.03. The van der Waals surface area contributed by atoms with Crippen molar-refractivity contribution in [2.24, 2.45) is 0 Å². The Morgan fingerprint density at radius 2 is 2.39 bits per heavy atom. The van der Waals surface area contributed by atoms with Crippen LogP contribution in [0.2, 0.25) is 0 Å². The van der Waals surface area contributed by atoms with E-state index in [9.17, 15) is 4.79 Å². The molecule has 1 atom stereocenters. The first kappa shape index (κ1) is 13.0. The first-order valence-electron chi connectivity index (χ1n) is 6.27. The zero-order chi connectivity index (χ0) is 12.8. The van der Waals surface area contributed by atoms with Gasteiger partial charge in [0.05, 0.1) is 11.8 Å². The summed E-state index contributed by atoms with van der Waals surface area (Å²) in [4.78, 5) is 14.8. The van der Waals surface area contributed by atoms with Crippen LogP contribution in [0.25, 0.3) is 0 Å². The third-order valence-corrected chi connectivity index (χ3v) is 2.98. The highest BCUT2D eigenvalue weighted by atomic mass is 16.5. The first-order chi connectivity index (χ1) is 8.75. The fraction of sp³-hybridized carbons (Fsp3) is 0.538. The van der Waals surface area contributed by atoms with E-state index in [1.54, 1.807) is 6.07 Å². The number of pyridine rings is 1. The number of carbonyl (C=O) groups is 1. The van der Waals surface area contributed by atoms with E-state index in [0.29, 0.717) is 6.54 Å². The molecular formula is C13H18N2O3. The van der Waals surface area contributed by atoms with Gasteiger partial charge in [-0.1, -0.05) is 6.07 Å². The smallest absolute Gasteiger partial charge is 0.354 e. The highest BCUT2D eigenvalue weighted by molar-refractivity contribution is 5.85. The van der Waals surface area contributed by atoms with Crippen LogP contribution in [0, 0.1) is 0 Å². The molecule has 2 heterocycles. The van der Waals surface area contributed by atoms with Crippen molar-refractivity contribution >= 4 is 5.97 Å². The van der Waals surface area contributed by atoms with Crippen molar-refractivity contribution in [1.29, 1.82) is 0 Å². The van der Waals surface area contributed by atoms with Gasteiger partial charge in [0, 0.05) is 19.7 Å². The minimum atomic E-state index is -0.993. The van der Waals surface area contributed by atoms with Crippen LogP contribution in [0.5, 0.6) is 0 Å². The van der Waals surface area contributed by atoms with E-state index in [2.05, 4.69) is 10.3 Å². The number of nitrogens with one attached hydrogen (secondary N) is 1. The largest absolute Gasteiger partial charge is 0.477 e. The van der Waals surface area contributed by atoms with Crippen molar-refractivity contribution in [3.8, 4) is 0 Å². The summed E-state index contributed by atoms with van der Waals surface area (Å²) in [5, 5.41) is 12.1. The van der Waals surface area contributed by atoms with Gasteiger partial charge in [0.15, 0.2) is 0 Å². The second-order valence-corrected chi connectivity index (χ2v) is 4.44. The van der Waals surface area contributed by atoms with E-state index in [1.165, 1.54) is 12.5 Å². The zero-order valence-electron chi connectivity index (χ0n) is 10.3. The van der Waals surface area contributed by atoms with Gasteiger partial charge in [0.1, 0.15) is 5.69 Å². The normalized spacial score (nSPS) is 19.7. The molecule has 0 bridgehead atoms. The number of carboxylic acids is 1. The van der Waals surface area contributed by atoms with E-state index in [-0.39, 0.29) is 11.8 Å². The summed E-state index contributed by atoms with van der Waals surface area (Å²) in [6, 6.07) is 5.03. The van der Waals surface area contributed by atoms with Crippen LogP contribution in [-0.2, 0) is 11.3 Å². The van der Waals surface area contributed by atoms with Gasteiger partial charge in [-0.15, -0.1) is 0 Å². The SMILES string of the molecule is O=C(O)c1cccc(CNCC2CCCCO2)n1. The van der Waals surface area contributed by atoms with E-state index in [0.717, 1.165) is 31.7 Å². The fourth-order valence-electron chi connectivity index (χ4n) is 2.03. The molecule has 2 N–H and O–H groups in total. The average Bonchev–Trinajstić information content (AvgIpc) is 2.40. The molecule has 0 amide bonds. The van der Waals surface area contributed by atoms with Crippen molar-refractivity contribution in [2.75, 3.05) is 13.2 Å². The average molecular weight is 250 g/mol. The topological polar surface area (TPSA) is 71.5 Å². The van der Waals surface area contributed by atoms with Gasteiger partial charge in [-0.2, -0.15) is 0 Å². The van der Waals surface area contributed by atoms with E-state index in [4.69, 9.17) is 9.84 Å². The molecule has 1 aliphatic rings. The third-order valence-electron chi connectivity index (χ3n) is 2.98. The summed E-state index contributed by atoms with van der Waals surface area (Å²) in [6.07, 6.45) is 3.74. The summed E-state index contributed by atoms with van der Waals surface area (Å²) in [6.45, 7) is 2.21. The summed E-state index contributed by atoms with van der Waals surface area (Å²) < 4.78 is 5.60. The number of aromatic carboxylic acids is 1. The second-order valence-electron chi connectivity index (χ2n) is 4.44. The standard InChI is InChI=1S/C13H18N2O3/c16-13(17)12-6-3-4-10(15-12)8-14-9-11-5-1-2-7-18-11/h3-4,6,11,14H,1-2,5,7-9H2,(H,16,17). The van der Waals surface area contributed by atoms with E-state index >= 15 is 0 Å². The molecule has 1 unspecified atom stereocenters. The predicted octanol–water partition coefficient (Wildman–Crippen LogP) is 1.44. The minimum absolute atomic E-state index is 0.0863. The molecule has 2 rings (SSSR count). The van der Waals surface area contributed by atoms with Crippen molar-refractivity contribution in [1.82, 2.24) is 10.3 Å². The Kier molecular flexibility index (Phi) is 4.66. The summed E-state index contributed by atoms with van der Waals surface area (Å²) >= 11 is 0. The Labute approximate surface area is 106 Å². The molecule has 1 aliphatic heterocycles. The number of hydrogen-bond donors (Lipinski definition) is 2. The molecule has 0 spiro atoms. The summed E-state index contributed by atoms with van der Waals surface area (Å²) in [5.74, 6) is -0.993. The minimum Gasteiger partial charge on any atom is -0.477 e. The van der Waals surface area contributed by atoms with Crippen LogP contribution >= 0.6 is 0 Å². The van der Waals surface area contributed by atoms with E-state index in [1.807, 2.05) is 6.07 Å². The molecule has 1 saturated heterocycles. The second kappa shape index (κ2) is 6.47. The Bertz CT molecular complexity index is 403. The van der Waals surface area contributed by atoms with Crippen LogP contribution in [-0.4, -0.2) is 35.3 Å². The van der Waals surface area contributed by atoms with Gasteiger partial charge in [-0.25, -0.2) is 9.78 Å². The number of carboxylic acid groups (broad SMARTS) is 1. The lowest BCUT2D eigenvalue weighted by Gasteiger charge is -2.22. The van der Waals surface area contributed by atoms with Crippen molar-refractivity contribution < 1.29 is 14.6 Å². The van der Waals surface area contributed by atoms with Crippen LogP contribution in [0.4, 0.5) is 0 Å². The molecule has 1 aromatic heterocycles. The molecule has 1 aromatic rings. The Hall–Kier alpha value is -1.46. The predicted molar refractivity (Wildman–Crippen MR) is 66.5 cm³/mol. The maximum absolute atomic E-state index is 10.8. The monoisotopic (exact) mass is 250 g/mol. The molecule has 1 fully saturated rings. The Morgan fingerprint density at radius 1 is 1.50 bits per heavy atom. The highest BCUT2D eigenvalue weighted by Crippen LogP contribution is 2.11. The van der Waals surface area contributed by atoms with Crippen molar-refractivity contribution in [3.05, 3.63) is 29.6 Å². The number of ether oxygens (including phenoxy) is 1. The summed E-state index contributed by atoms with van der Waals surface area (Å²) in [5.41, 5.74) is 0.828. The maximum atomic E-state index is 10.8. The quantitative estimate of drug-likeness (QED) is 0.827. The maximum Gasteiger partial charge on any atom is 0.354 e. The van der Waals surface area contributed by atoms with Gasteiger partial charge >= 0.3 is 5.97 Å². The number of aromatic nitrogens is 1. The molecule has 18 heavy (non-hydrogen) atoms. The lowest BCUT2D eigenvalue weighted by Crippen LogP contribution is -2.31. The molecule has 0 radical (unpaired) electrons. The van der Waals surface area contributed by atoms with Crippen LogP contribution in [0.3, 0.4) is 0 Å². The lowest BCUT2D eigenvalue weighted by atomic mass is 10.1. The van der Waals surface area contributed by atoms with Gasteiger partial charge in [-0.05, 0) is 31.4 Å². The molecule has 98 valence electrons. The molecule has 0 saturated carbocycles. The van der Waals surface area contributed by atoms with Crippen molar-refractivity contribution in [3.63, 3.8) is 0 Å². The third kappa shape index (κ3) is 3.78. The number of rotatable bonds is 5. The van der Waals surface area contributed by atoms with Gasteiger partial charge in [0.25, 0.3) is 0 Å². The lowest BCUT2D eigenvalue weighted by molar-refractivity contribution is 0.0167. The molecular weight excluding hydrogens is 232 g/mol. The van der Waals surface area contributed by atoms with Crippen LogP contribution < -0.4 is 5.32 Å². The van der Waals surface area contributed by atoms with Gasteiger partial charge < -0.3 is 15.2 Å². The number of nitrogens with zero attached hydrogens (tertiary/aromatic N) is 1. The van der Waals surface area contributed by atoms with Gasteiger partial charge in [-0.3, -0.25) is 0 Å². The van der Waals surface area contributed by atoms with Crippen LogP contribution in [0.15, 0.2) is 18.2 Å².